The molecule has 1 N–H and O–H groups in total. The molecule has 10 heteroatoms. The van der Waals surface area contributed by atoms with Crippen LogP contribution in [-0.2, 0) is 17.8 Å². The van der Waals surface area contributed by atoms with Crippen molar-refractivity contribution < 1.29 is 14.3 Å². The lowest BCUT2D eigenvalue weighted by Crippen LogP contribution is -2.11. The lowest BCUT2D eigenvalue weighted by molar-refractivity contribution is -0.114. The van der Waals surface area contributed by atoms with E-state index in [9.17, 15) is 10.1 Å². The maximum absolute atomic E-state index is 13.1. The Morgan fingerprint density at radius 3 is 2.76 bits per heavy atom. The SMILES string of the molecule is CCc1nnc([C@H]2C(=N)S/C(=C\c3cc(OC)c(OCc4ccccc4C#N)cc3Br)C2=O)s1. The van der Waals surface area contributed by atoms with Crippen molar-refractivity contribution in [3.05, 3.63) is 72.5 Å². The van der Waals surface area contributed by atoms with E-state index in [0.29, 0.717) is 31.4 Å². The van der Waals surface area contributed by atoms with Crippen molar-refractivity contribution in [2.75, 3.05) is 7.11 Å². The number of carbonyl (C=O) groups excluding carboxylic acids is 1. The van der Waals surface area contributed by atoms with Gasteiger partial charge in [-0.1, -0.05) is 52.8 Å². The number of nitriles is 1. The zero-order valence-corrected chi connectivity index (χ0v) is 21.5. The minimum absolute atomic E-state index is 0.159. The van der Waals surface area contributed by atoms with Gasteiger partial charge in [-0.3, -0.25) is 10.2 Å². The highest BCUT2D eigenvalue weighted by molar-refractivity contribution is 9.10. The number of aryl methyl sites for hydroxylation is 1. The van der Waals surface area contributed by atoms with Crippen LogP contribution in [0.4, 0.5) is 0 Å². The normalized spacial score (nSPS) is 16.6. The summed E-state index contributed by atoms with van der Waals surface area (Å²) in [6.45, 7) is 2.19. The Bertz CT molecular complexity index is 1350. The number of benzene rings is 2. The highest BCUT2D eigenvalue weighted by atomic mass is 79.9. The number of ether oxygens (including phenoxy) is 2. The first kappa shape index (κ1) is 24.1. The largest absolute Gasteiger partial charge is 0.493 e. The van der Waals surface area contributed by atoms with E-state index >= 15 is 0 Å². The fraction of sp³-hybridized carbons (Fsp3) is 0.208. The van der Waals surface area contributed by atoms with Crippen molar-refractivity contribution >= 4 is 55.9 Å². The number of hydrogen-bond acceptors (Lipinski definition) is 9. The van der Waals surface area contributed by atoms with Gasteiger partial charge in [0.25, 0.3) is 0 Å². The molecule has 0 amide bonds. The van der Waals surface area contributed by atoms with E-state index in [1.807, 2.05) is 25.1 Å². The van der Waals surface area contributed by atoms with E-state index in [0.717, 1.165) is 34.3 Å². The number of hydrogen-bond donors (Lipinski definition) is 1. The summed E-state index contributed by atoms with van der Waals surface area (Å²) in [6, 6.07) is 12.9. The smallest absolute Gasteiger partial charge is 0.186 e. The number of nitrogens with one attached hydrogen (secondary N) is 1. The molecule has 0 spiro atoms. The number of allylic oxidation sites excluding steroid dienone is 1. The van der Waals surface area contributed by atoms with Crippen LogP contribution in [0, 0.1) is 16.7 Å². The third-order valence-corrected chi connectivity index (χ3v) is 7.92. The maximum atomic E-state index is 13.1. The molecule has 0 radical (unpaired) electrons. The molecule has 2 aromatic carbocycles. The summed E-state index contributed by atoms with van der Waals surface area (Å²) < 4.78 is 12.2. The zero-order valence-electron chi connectivity index (χ0n) is 18.3. The fourth-order valence-electron chi connectivity index (χ4n) is 3.33. The molecule has 3 aromatic rings. The molecule has 1 saturated heterocycles. The molecule has 0 saturated carbocycles. The van der Waals surface area contributed by atoms with Gasteiger partial charge in [-0.25, -0.2) is 0 Å². The molecule has 1 atom stereocenters. The molecule has 34 heavy (non-hydrogen) atoms. The third-order valence-electron chi connectivity index (χ3n) is 5.11. The predicted octanol–water partition coefficient (Wildman–Crippen LogP) is 5.74. The summed E-state index contributed by atoms with van der Waals surface area (Å²) >= 11 is 6.06. The third kappa shape index (κ3) is 4.92. The lowest BCUT2D eigenvalue weighted by Gasteiger charge is -2.13. The molecule has 1 aromatic heterocycles. The van der Waals surface area contributed by atoms with Crippen molar-refractivity contribution in [3.8, 4) is 17.6 Å². The minimum atomic E-state index is -0.697. The second kappa shape index (κ2) is 10.5. The molecule has 7 nitrogen and oxygen atoms in total. The van der Waals surface area contributed by atoms with E-state index in [2.05, 4.69) is 32.2 Å². The first-order valence-corrected chi connectivity index (χ1v) is 12.7. The number of nitrogens with zero attached hydrogens (tertiary/aromatic N) is 3. The van der Waals surface area contributed by atoms with Crippen molar-refractivity contribution in [3.63, 3.8) is 0 Å². The van der Waals surface area contributed by atoms with E-state index in [1.165, 1.54) is 18.4 Å². The monoisotopic (exact) mass is 554 g/mol. The molecular weight excluding hydrogens is 536 g/mol. The van der Waals surface area contributed by atoms with Gasteiger partial charge < -0.3 is 9.47 Å². The summed E-state index contributed by atoms with van der Waals surface area (Å²) in [7, 11) is 1.54. The summed E-state index contributed by atoms with van der Waals surface area (Å²) in [6.07, 6.45) is 2.48. The van der Waals surface area contributed by atoms with Gasteiger partial charge in [0.15, 0.2) is 17.3 Å². The van der Waals surface area contributed by atoms with Gasteiger partial charge in [-0.2, -0.15) is 5.26 Å². The molecular formula is C24H19BrN4O3S2. The van der Waals surface area contributed by atoms with Crippen LogP contribution in [0.2, 0.25) is 0 Å². The highest BCUT2D eigenvalue weighted by Crippen LogP contribution is 2.43. The van der Waals surface area contributed by atoms with Crippen LogP contribution < -0.4 is 9.47 Å². The Morgan fingerprint density at radius 2 is 2.06 bits per heavy atom. The van der Waals surface area contributed by atoms with Gasteiger partial charge in [0, 0.05) is 10.0 Å². The first-order chi connectivity index (χ1) is 16.4. The molecule has 1 fully saturated rings. The number of rotatable bonds is 7. The van der Waals surface area contributed by atoms with Crippen LogP contribution in [-0.4, -0.2) is 28.1 Å². The van der Waals surface area contributed by atoms with Gasteiger partial charge in [0.1, 0.15) is 22.5 Å². The van der Waals surface area contributed by atoms with E-state index < -0.39 is 5.92 Å². The molecule has 1 aliphatic rings. The van der Waals surface area contributed by atoms with Crippen LogP contribution in [0.15, 0.2) is 45.8 Å². The fourth-order valence-corrected chi connectivity index (χ4v) is 5.71. The minimum Gasteiger partial charge on any atom is -0.493 e. The number of carbonyl (C=O) groups is 1. The first-order valence-electron chi connectivity index (χ1n) is 10.3. The topological polar surface area (TPSA) is 109 Å². The van der Waals surface area contributed by atoms with Crippen LogP contribution in [0.5, 0.6) is 11.5 Å². The van der Waals surface area contributed by atoms with Gasteiger partial charge >= 0.3 is 0 Å². The average molecular weight is 555 g/mol. The zero-order chi connectivity index (χ0) is 24.2. The van der Waals surface area contributed by atoms with E-state index in [4.69, 9.17) is 14.9 Å². The molecule has 172 valence electrons. The molecule has 0 unspecified atom stereocenters. The Labute approximate surface area is 213 Å². The van der Waals surface area contributed by atoms with Gasteiger partial charge in [0.2, 0.25) is 0 Å². The second-order valence-corrected chi connectivity index (χ2v) is 10.3. The average Bonchev–Trinajstić information content (AvgIpc) is 3.42. The van der Waals surface area contributed by atoms with E-state index in [1.54, 1.807) is 24.3 Å². The molecule has 4 rings (SSSR count). The highest BCUT2D eigenvalue weighted by Gasteiger charge is 2.39. The van der Waals surface area contributed by atoms with Gasteiger partial charge in [-0.05, 0) is 36.3 Å². The lowest BCUT2D eigenvalue weighted by atomic mass is 10.0. The van der Waals surface area contributed by atoms with Crippen LogP contribution in [0.1, 0.15) is 39.5 Å². The second-order valence-electron chi connectivity index (χ2n) is 7.24. The molecule has 1 aliphatic heterocycles. The quantitative estimate of drug-likeness (QED) is 0.371. The van der Waals surface area contributed by atoms with Gasteiger partial charge in [-0.15, -0.1) is 21.5 Å². The number of halogens is 1. The summed E-state index contributed by atoms with van der Waals surface area (Å²) in [5, 5.41) is 27.5. The van der Waals surface area contributed by atoms with Crippen LogP contribution >= 0.6 is 39.0 Å². The number of methoxy groups -OCH3 is 1. The summed E-state index contributed by atoms with van der Waals surface area (Å²) in [5.41, 5.74) is 2.05. The van der Waals surface area contributed by atoms with Crippen molar-refractivity contribution in [1.82, 2.24) is 10.2 Å². The number of aromatic nitrogens is 2. The predicted molar refractivity (Wildman–Crippen MR) is 137 cm³/mol. The Morgan fingerprint density at radius 1 is 1.26 bits per heavy atom. The number of ketones is 1. The molecule has 0 bridgehead atoms. The Balaban J connectivity index is 1.58. The molecule has 2 heterocycles. The van der Waals surface area contributed by atoms with Crippen molar-refractivity contribution in [2.45, 2.75) is 25.9 Å². The van der Waals surface area contributed by atoms with Crippen molar-refractivity contribution in [1.29, 1.82) is 10.7 Å². The Kier molecular flexibility index (Phi) is 7.46. The van der Waals surface area contributed by atoms with E-state index in [-0.39, 0.29) is 17.4 Å². The molecule has 0 aliphatic carbocycles. The Hall–Kier alpha value is -3.00. The van der Waals surface area contributed by atoms with Crippen LogP contribution in [0.3, 0.4) is 0 Å². The number of Topliss-reactive ketones (excluding diaryl/α,β-unsaturated/α-hetero) is 1. The van der Waals surface area contributed by atoms with Crippen molar-refractivity contribution in [2.24, 2.45) is 0 Å². The number of thioether (sulfide) groups is 1. The summed E-state index contributed by atoms with van der Waals surface area (Å²) in [5.74, 6) is 0.134. The standard InChI is InChI=1S/C24H19BrN4O3S2/c1-3-20-28-29-24(34-20)21-22(30)19(33-23(21)27)9-15-8-17(31-2)18(10-16(15)25)32-12-14-7-5-4-6-13(14)11-26/h4-10,21,27H,3,12H2,1-2H3/b19-9-,27-23?/t21-/m1/s1. The maximum Gasteiger partial charge on any atom is 0.186 e. The van der Waals surface area contributed by atoms with Gasteiger partial charge in [0.05, 0.1) is 28.7 Å². The van der Waals surface area contributed by atoms with Crippen LogP contribution in [0.25, 0.3) is 6.08 Å². The summed E-state index contributed by atoms with van der Waals surface area (Å²) in [4.78, 5) is 13.5.